The van der Waals surface area contributed by atoms with Gasteiger partial charge in [-0.15, -0.1) is 0 Å². The van der Waals surface area contributed by atoms with Crippen LogP contribution in [-0.2, 0) is 17.8 Å². The first kappa shape index (κ1) is 23.6. The van der Waals surface area contributed by atoms with Crippen molar-refractivity contribution >= 4 is 5.91 Å². The molecule has 1 aromatic heterocycles. The van der Waals surface area contributed by atoms with Crippen molar-refractivity contribution in [3.8, 4) is 28.6 Å². The third-order valence-corrected chi connectivity index (χ3v) is 6.27. The summed E-state index contributed by atoms with van der Waals surface area (Å²) >= 11 is 0. The van der Waals surface area contributed by atoms with Crippen molar-refractivity contribution < 1.29 is 23.5 Å². The van der Waals surface area contributed by atoms with Gasteiger partial charge in [0.1, 0.15) is 12.3 Å². The van der Waals surface area contributed by atoms with Crippen LogP contribution < -0.4 is 14.2 Å². The predicted octanol–water partition coefficient (Wildman–Crippen LogP) is 4.67. The van der Waals surface area contributed by atoms with Gasteiger partial charge in [-0.1, -0.05) is 36.6 Å². The Morgan fingerprint density at radius 3 is 2.38 bits per heavy atom. The molecular formula is C26H31N3O5. The number of rotatable bonds is 9. The first-order chi connectivity index (χ1) is 16.6. The molecule has 34 heavy (non-hydrogen) atoms. The third kappa shape index (κ3) is 5.50. The van der Waals surface area contributed by atoms with Gasteiger partial charge in [-0.25, -0.2) is 0 Å². The number of amides is 1. The molecule has 0 radical (unpaired) electrons. The maximum absolute atomic E-state index is 13.4. The molecule has 8 nitrogen and oxygen atoms in total. The van der Waals surface area contributed by atoms with Gasteiger partial charge in [-0.3, -0.25) is 4.79 Å². The molecule has 1 amide bonds. The number of methoxy groups -OCH3 is 3. The third-order valence-electron chi connectivity index (χ3n) is 6.27. The number of aromatic nitrogens is 2. The zero-order valence-corrected chi connectivity index (χ0v) is 20.0. The van der Waals surface area contributed by atoms with Gasteiger partial charge in [0.15, 0.2) is 11.5 Å². The van der Waals surface area contributed by atoms with E-state index in [1.807, 2.05) is 35.2 Å². The lowest BCUT2D eigenvalue weighted by Gasteiger charge is -2.33. The van der Waals surface area contributed by atoms with Crippen LogP contribution in [0.15, 0.2) is 47.0 Å². The van der Waals surface area contributed by atoms with E-state index in [4.69, 9.17) is 18.7 Å². The van der Waals surface area contributed by atoms with Crippen molar-refractivity contribution in [3.63, 3.8) is 0 Å². The van der Waals surface area contributed by atoms with Crippen molar-refractivity contribution in [1.82, 2.24) is 15.0 Å². The zero-order valence-electron chi connectivity index (χ0n) is 20.0. The molecule has 0 spiro atoms. The summed E-state index contributed by atoms with van der Waals surface area (Å²) in [6, 6.07) is 13.2. The maximum Gasteiger partial charge on any atom is 0.246 e. The highest BCUT2D eigenvalue weighted by atomic mass is 16.5. The molecule has 1 fully saturated rings. The lowest BCUT2D eigenvalue weighted by atomic mass is 9.93. The van der Waals surface area contributed by atoms with Crippen LogP contribution in [0.25, 0.3) is 11.4 Å². The Hall–Kier alpha value is -3.55. The van der Waals surface area contributed by atoms with Gasteiger partial charge in [0.2, 0.25) is 17.6 Å². The number of ether oxygens (including phenoxy) is 3. The fraction of sp³-hybridized carbons (Fsp3) is 0.423. The smallest absolute Gasteiger partial charge is 0.246 e. The van der Waals surface area contributed by atoms with Crippen LogP contribution in [0.2, 0.25) is 0 Å². The van der Waals surface area contributed by atoms with Crippen molar-refractivity contribution in [1.29, 1.82) is 0 Å². The molecule has 3 aromatic rings. The Balaban J connectivity index is 1.52. The number of carbonyl (C=O) groups is 1. The second-order valence-electron chi connectivity index (χ2n) is 8.42. The van der Waals surface area contributed by atoms with Crippen LogP contribution in [0.3, 0.4) is 0 Å². The Morgan fingerprint density at radius 2 is 1.71 bits per heavy atom. The maximum atomic E-state index is 13.4. The van der Waals surface area contributed by atoms with Gasteiger partial charge < -0.3 is 23.6 Å². The first-order valence-corrected chi connectivity index (χ1v) is 11.6. The first-order valence-electron chi connectivity index (χ1n) is 11.6. The standard InChI is InChI=1S/C26H31N3O5/c1-31-21-12-9-18(10-13-21)15-25(30)29(20-7-5-4-6-8-20)17-24-27-26(28-34-24)19-11-14-22(32-2)23(16-19)33-3/h9-14,16,20H,4-8,15,17H2,1-3H3. The van der Waals surface area contributed by atoms with Crippen molar-refractivity contribution in [3.05, 3.63) is 53.9 Å². The van der Waals surface area contributed by atoms with Gasteiger partial charge in [-0.2, -0.15) is 4.98 Å². The lowest BCUT2D eigenvalue weighted by Crippen LogP contribution is -2.41. The normalized spacial score (nSPS) is 14.0. The second-order valence-corrected chi connectivity index (χ2v) is 8.42. The molecule has 0 saturated heterocycles. The summed E-state index contributed by atoms with van der Waals surface area (Å²) in [5.74, 6) is 2.91. The molecule has 8 heteroatoms. The van der Waals surface area contributed by atoms with Crippen molar-refractivity contribution in [2.24, 2.45) is 0 Å². The van der Waals surface area contributed by atoms with Crippen LogP contribution in [0.4, 0.5) is 0 Å². The Labute approximate surface area is 199 Å². The summed E-state index contributed by atoms with van der Waals surface area (Å²) in [5, 5.41) is 4.14. The molecular weight excluding hydrogens is 434 g/mol. The molecule has 1 aliphatic rings. The monoisotopic (exact) mass is 465 g/mol. The molecule has 0 bridgehead atoms. The van der Waals surface area contributed by atoms with E-state index in [0.717, 1.165) is 42.6 Å². The topological polar surface area (TPSA) is 86.9 Å². The van der Waals surface area contributed by atoms with Crippen LogP contribution in [0.1, 0.15) is 43.6 Å². The SMILES string of the molecule is COc1ccc(CC(=O)N(Cc2nc(-c3ccc(OC)c(OC)c3)no2)C2CCCCC2)cc1. The number of nitrogens with zero attached hydrogens (tertiary/aromatic N) is 3. The predicted molar refractivity (Wildman–Crippen MR) is 127 cm³/mol. The number of hydrogen-bond acceptors (Lipinski definition) is 7. The fourth-order valence-corrected chi connectivity index (χ4v) is 4.39. The van der Waals surface area contributed by atoms with Gasteiger partial charge in [0.05, 0.1) is 27.8 Å². The van der Waals surface area contributed by atoms with E-state index in [-0.39, 0.29) is 11.9 Å². The largest absolute Gasteiger partial charge is 0.497 e. The van der Waals surface area contributed by atoms with E-state index in [2.05, 4.69) is 10.1 Å². The van der Waals surface area contributed by atoms with Crippen LogP contribution in [0.5, 0.6) is 17.2 Å². The minimum Gasteiger partial charge on any atom is -0.497 e. The fourth-order valence-electron chi connectivity index (χ4n) is 4.39. The Morgan fingerprint density at radius 1 is 0.971 bits per heavy atom. The number of benzene rings is 2. The van der Waals surface area contributed by atoms with Crippen LogP contribution >= 0.6 is 0 Å². The van der Waals surface area contributed by atoms with E-state index in [1.165, 1.54) is 6.42 Å². The molecule has 1 heterocycles. The summed E-state index contributed by atoms with van der Waals surface area (Å²) < 4.78 is 21.5. The molecule has 1 aliphatic carbocycles. The molecule has 4 rings (SSSR count). The second kappa shape index (κ2) is 11.0. The zero-order chi connectivity index (χ0) is 23.9. The highest BCUT2D eigenvalue weighted by Gasteiger charge is 2.27. The van der Waals surface area contributed by atoms with E-state index >= 15 is 0 Å². The average Bonchev–Trinajstić information content (AvgIpc) is 3.36. The number of hydrogen-bond donors (Lipinski definition) is 0. The van der Waals surface area contributed by atoms with Gasteiger partial charge >= 0.3 is 0 Å². The highest BCUT2D eigenvalue weighted by molar-refractivity contribution is 5.79. The van der Waals surface area contributed by atoms with E-state index in [0.29, 0.717) is 36.2 Å². The lowest BCUT2D eigenvalue weighted by molar-refractivity contribution is -0.134. The summed E-state index contributed by atoms with van der Waals surface area (Å²) in [4.78, 5) is 19.9. The molecule has 0 N–H and O–H groups in total. The van der Waals surface area contributed by atoms with E-state index < -0.39 is 0 Å². The minimum absolute atomic E-state index is 0.0583. The molecule has 0 atom stereocenters. The quantitative estimate of drug-likeness (QED) is 0.454. The summed E-state index contributed by atoms with van der Waals surface area (Å²) in [7, 11) is 4.80. The van der Waals surface area contributed by atoms with E-state index in [1.54, 1.807) is 33.5 Å². The van der Waals surface area contributed by atoms with Gasteiger partial charge in [0, 0.05) is 11.6 Å². The van der Waals surface area contributed by atoms with Gasteiger partial charge in [0.25, 0.3) is 0 Å². The minimum atomic E-state index is 0.0583. The van der Waals surface area contributed by atoms with Crippen molar-refractivity contribution in [2.75, 3.05) is 21.3 Å². The summed E-state index contributed by atoms with van der Waals surface area (Å²) in [6.07, 6.45) is 5.75. The summed E-state index contributed by atoms with van der Waals surface area (Å²) in [5.41, 5.74) is 1.70. The molecule has 2 aromatic carbocycles. The van der Waals surface area contributed by atoms with Crippen LogP contribution in [0, 0.1) is 0 Å². The van der Waals surface area contributed by atoms with Crippen molar-refractivity contribution in [2.45, 2.75) is 51.1 Å². The molecule has 0 aliphatic heterocycles. The van der Waals surface area contributed by atoms with Gasteiger partial charge in [-0.05, 0) is 48.7 Å². The number of carbonyl (C=O) groups excluding carboxylic acids is 1. The molecule has 180 valence electrons. The van der Waals surface area contributed by atoms with Crippen LogP contribution in [-0.4, -0.2) is 48.3 Å². The highest BCUT2D eigenvalue weighted by Crippen LogP contribution is 2.31. The Bertz CT molecular complexity index is 1090. The Kier molecular flexibility index (Phi) is 7.67. The van der Waals surface area contributed by atoms with E-state index in [9.17, 15) is 4.79 Å². The molecule has 1 saturated carbocycles. The average molecular weight is 466 g/mol. The summed E-state index contributed by atoms with van der Waals surface area (Å²) in [6.45, 7) is 0.292. The molecule has 0 unspecified atom stereocenters.